The van der Waals surface area contributed by atoms with Crippen molar-refractivity contribution in [2.45, 2.75) is 51.7 Å². The molecule has 0 N–H and O–H groups in total. The highest BCUT2D eigenvalue weighted by molar-refractivity contribution is 6.19. The molecule has 94 valence electrons. The lowest BCUT2D eigenvalue weighted by Gasteiger charge is -2.24. The lowest BCUT2D eigenvalue weighted by molar-refractivity contribution is 0.0191. The van der Waals surface area contributed by atoms with E-state index in [9.17, 15) is 0 Å². The Bertz CT molecular complexity index is 356. The fraction of sp³-hybridized carbons (Fsp3) is 0.600. The van der Waals surface area contributed by atoms with Crippen molar-refractivity contribution in [3.63, 3.8) is 0 Å². The summed E-state index contributed by atoms with van der Waals surface area (Å²) in [6.45, 7) is 6.57. The van der Waals surface area contributed by atoms with Crippen molar-refractivity contribution in [3.8, 4) is 0 Å². The highest BCUT2D eigenvalue weighted by Crippen LogP contribution is 2.29. The zero-order valence-corrected chi connectivity index (χ0v) is 11.6. The highest BCUT2D eigenvalue weighted by Gasteiger charge is 2.25. The van der Waals surface area contributed by atoms with Gasteiger partial charge in [-0.2, -0.15) is 0 Å². The molecule has 0 saturated carbocycles. The van der Waals surface area contributed by atoms with Gasteiger partial charge in [-0.15, -0.1) is 0 Å². The molecule has 1 aliphatic carbocycles. The van der Waals surface area contributed by atoms with Gasteiger partial charge < -0.3 is 4.74 Å². The van der Waals surface area contributed by atoms with Crippen molar-refractivity contribution in [1.29, 1.82) is 0 Å². The smallest absolute Gasteiger partial charge is 0.132 e. The number of fused-ring (bicyclic) bond motifs is 1. The third-order valence-electron chi connectivity index (χ3n) is 3.13. The van der Waals surface area contributed by atoms with Crippen molar-refractivity contribution in [3.05, 3.63) is 35.4 Å². The number of hydrogen-bond donors (Lipinski definition) is 0. The normalized spacial score (nSPS) is 18.1. The van der Waals surface area contributed by atoms with Gasteiger partial charge in [0.05, 0.1) is 6.10 Å². The van der Waals surface area contributed by atoms with E-state index in [1.54, 1.807) is 0 Å². The molecular weight excluding hydrogens is 232 g/mol. The number of alkyl halides is 1. The van der Waals surface area contributed by atoms with E-state index in [-0.39, 0.29) is 17.1 Å². The van der Waals surface area contributed by atoms with E-state index in [1.807, 2.05) is 0 Å². The van der Waals surface area contributed by atoms with Crippen molar-refractivity contribution in [2.75, 3.05) is 0 Å². The van der Waals surface area contributed by atoms with E-state index in [1.165, 1.54) is 11.1 Å². The molecule has 17 heavy (non-hydrogen) atoms. The summed E-state index contributed by atoms with van der Waals surface area (Å²) in [5.41, 5.74) is 2.88. The molecule has 0 heterocycles. The first kappa shape index (κ1) is 12.9. The maximum absolute atomic E-state index is 6.27. The molecule has 0 amide bonds. The lowest BCUT2D eigenvalue weighted by Crippen LogP contribution is -2.23. The SMILES string of the molecule is CC(C)(C)CC(Cl)OC1Cc2ccccc2C1. The van der Waals surface area contributed by atoms with Crippen molar-refractivity contribution < 1.29 is 4.74 Å². The maximum atomic E-state index is 6.27. The van der Waals surface area contributed by atoms with Crippen molar-refractivity contribution in [2.24, 2.45) is 5.41 Å². The van der Waals surface area contributed by atoms with Crippen LogP contribution in [-0.4, -0.2) is 11.7 Å². The molecule has 0 saturated heterocycles. The van der Waals surface area contributed by atoms with Crippen LogP contribution in [0.4, 0.5) is 0 Å². The Balaban J connectivity index is 1.87. The molecule has 1 nitrogen and oxygen atoms in total. The summed E-state index contributed by atoms with van der Waals surface area (Å²) >= 11 is 6.27. The maximum Gasteiger partial charge on any atom is 0.132 e. The minimum Gasteiger partial charge on any atom is -0.359 e. The third-order valence-corrected chi connectivity index (χ3v) is 3.38. The molecule has 1 aromatic rings. The molecule has 0 aliphatic heterocycles. The second-order valence-electron chi connectivity index (χ2n) is 6.11. The van der Waals surface area contributed by atoms with Gasteiger partial charge in [0.1, 0.15) is 5.56 Å². The number of benzene rings is 1. The first-order valence-electron chi connectivity index (χ1n) is 6.30. The van der Waals surface area contributed by atoms with Crippen LogP contribution in [0.5, 0.6) is 0 Å². The van der Waals surface area contributed by atoms with Gasteiger partial charge in [0.2, 0.25) is 0 Å². The quantitative estimate of drug-likeness (QED) is 0.734. The van der Waals surface area contributed by atoms with E-state index in [2.05, 4.69) is 45.0 Å². The van der Waals surface area contributed by atoms with Crippen LogP contribution in [0, 0.1) is 5.41 Å². The van der Waals surface area contributed by atoms with Crippen LogP contribution in [0.25, 0.3) is 0 Å². The molecule has 0 aromatic heterocycles. The minimum absolute atomic E-state index is 0.172. The largest absolute Gasteiger partial charge is 0.359 e. The van der Waals surface area contributed by atoms with E-state index < -0.39 is 0 Å². The molecule has 2 heteroatoms. The summed E-state index contributed by atoms with van der Waals surface area (Å²) in [5.74, 6) is 0. The molecule has 1 unspecified atom stereocenters. The second kappa shape index (κ2) is 4.99. The van der Waals surface area contributed by atoms with Gasteiger partial charge >= 0.3 is 0 Å². The van der Waals surface area contributed by atoms with Gasteiger partial charge in [0.15, 0.2) is 0 Å². The monoisotopic (exact) mass is 252 g/mol. The molecule has 1 aliphatic rings. The van der Waals surface area contributed by atoms with Crippen LogP contribution >= 0.6 is 11.6 Å². The van der Waals surface area contributed by atoms with Crippen LogP contribution in [0.3, 0.4) is 0 Å². The molecule has 1 atom stereocenters. The van der Waals surface area contributed by atoms with Gasteiger partial charge in [-0.05, 0) is 35.8 Å². The van der Waals surface area contributed by atoms with Crippen LogP contribution in [0.2, 0.25) is 0 Å². The van der Waals surface area contributed by atoms with Crippen LogP contribution in [0.1, 0.15) is 38.3 Å². The first-order chi connectivity index (χ1) is 7.94. The molecule has 1 aromatic carbocycles. The number of rotatable bonds is 3. The summed E-state index contributed by atoms with van der Waals surface area (Å²) in [5, 5.41) is 0. The predicted molar refractivity (Wildman–Crippen MR) is 72.4 cm³/mol. The van der Waals surface area contributed by atoms with E-state index >= 15 is 0 Å². The predicted octanol–water partition coefficient (Wildman–Crippen LogP) is 4.17. The minimum atomic E-state index is -0.172. The van der Waals surface area contributed by atoms with Crippen molar-refractivity contribution >= 4 is 11.6 Å². The Labute approximate surface area is 109 Å². The second-order valence-corrected chi connectivity index (χ2v) is 6.60. The zero-order valence-electron chi connectivity index (χ0n) is 10.9. The summed E-state index contributed by atoms with van der Waals surface area (Å²) in [4.78, 5) is 0. The number of hydrogen-bond acceptors (Lipinski definition) is 1. The van der Waals surface area contributed by atoms with Gasteiger partial charge in [-0.25, -0.2) is 0 Å². The van der Waals surface area contributed by atoms with Gasteiger partial charge in [0, 0.05) is 0 Å². The van der Waals surface area contributed by atoms with Crippen LogP contribution in [-0.2, 0) is 17.6 Å². The summed E-state index contributed by atoms with van der Waals surface area (Å²) in [6.07, 6.45) is 3.16. The Hall–Kier alpha value is -0.530. The molecule has 0 bridgehead atoms. The van der Waals surface area contributed by atoms with E-state index in [0.29, 0.717) is 0 Å². The van der Waals surface area contributed by atoms with Crippen LogP contribution in [0.15, 0.2) is 24.3 Å². The van der Waals surface area contributed by atoms with Crippen molar-refractivity contribution in [1.82, 2.24) is 0 Å². The summed E-state index contributed by atoms with van der Waals surface area (Å²) in [6, 6.07) is 8.56. The van der Waals surface area contributed by atoms with Gasteiger partial charge in [-0.3, -0.25) is 0 Å². The Morgan fingerprint density at radius 2 is 1.76 bits per heavy atom. The molecule has 2 rings (SSSR count). The Kier molecular flexibility index (Phi) is 3.79. The third kappa shape index (κ3) is 3.72. The first-order valence-corrected chi connectivity index (χ1v) is 6.74. The van der Waals surface area contributed by atoms with Crippen LogP contribution < -0.4 is 0 Å². The van der Waals surface area contributed by atoms with Gasteiger partial charge in [0.25, 0.3) is 0 Å². The average molecular weight is 253 g/mol. The summed E-state index contributed by atoms with van der Waals surface area (Å²) in [7, 11) is 0. The fourth-order valence-corrected chi connectivity index (χ4v) is 2.96. The fourth-order valence-electron chi connectivity index (χ4n) is 2.35. The number of halogens is 1. The van der Waals surface area contributed by atoms with E-state index in [0.717, 1.165) is 19.3 Å². The zero-order chi connectivity index (χ0) is 12.5. The molecule has 0 fully saturated rings. The Morgan fingerprint density at radius 3 is 2.24 bits per heavy atom. The van der Waals surface area contributed by atoms with Gasteiger partial charge in [-0.1, -0.05) is 56.6 Å². The standard InChI is InChI=1S/C15H21ClO/c1-15(2,3)10-14(16)17-13-8-11-6-4-5-7-12(11)9-13/h4-7,13-14H,8-10H2,1-3H3. The Morgan fingerprint density at radius 1 is 1.24 bits per heavy atom. The lowest BCUT2D eigenvalue weighted by atomic mass is 9.93. The molecular formula is C15H21ClO. The molecule has 0 spiro atoms. The number of ether oxygens (including phenoxy) is 1. The van der Waals surface area contributed by atoms with E-state index in [4.69, 9.17) is 16.3 Å². The topological polar surface area (TPSA) is 9.23 Å². The molecule has 0 radical (unpaired) electrons. The summed E-state index contributed by atoms with van der Waals surface area (Å²) < 4.78 is 5.94. The highest BCUT2D eigenvalue weighted by atomic mass is 35.5. The average Bonchev–Trinajstić information content (AvgIpc) is 2.55.